The number of nitrogens with one attached hydrogen (secondary N) is 2. The predicted octanol–water partition coefficient (Wildman–Crippen LogP) is 1.84. The van der Waals surface area contributed by atoms with Crippen molar-refractivity contribution in [3.63, 3.8) is 0 Å². The molecule has 0 aliphatic heterocycles. The minimum atomic E-state index is -0.587. The summed E-state index contributed by atoms with van der Waals surface area (Å²) < 4.78 is 4.99. The monoisotopic (exact) mass is 335 g/mol. The van der Waals surface area contributed by atoms with Crippen molar-refractivity contribution in [2.45, 2.75) is 27.7 Å². The lowest BCUT2D eigenvalue weighted by Gasteiger charge is -2.10. The molecule has 0 heterocycles. The Morgan fingerprint density at radius 3 is 2.65 bits per heavy atom. The molecule has 0 atom stereocenters. The van der Waals surface area contributed by atoms with Crippen LogP contribution in [0.15, 0.2) is 28.4 Å². The Morgan fingerprint density at radius 2 is 2.04 bits per heavy atom. The van der Waals surface area contributed by atoms with Crippen LogP contribution < -0.4 is 16.6 Å². The predicted molar refractivity (Wildman–Crippen MR) is 96.6 cm³/mol. The first-order valence-electron chi connectivity index (χ1n) is 7.04. The van der Waals surface area contributed by atoms with Crippen LogP contribution in [0, 0.1) is 13.8 Å². The molecule has 23 heavy (non-hydrogen) atoms. The largest absolute Gasteiger partial charge is 0.461 e. The molecule has 0 spiro atoms. The Balaban J connectivity index is 3.08. The van der Waals surface area contributed by atoms with Crippen LogP contribution in [0.2, 0.25) is 0 Å². The van der Waals surface area contributed by atoms with Crippen LogP contribution in [-0.2, 0) is 9.53 Å². The highest BCUT2D eigenvalue weighted by Crippen LogP contribution is 2.17. The molecule has 7 nitrogen and oxygen atoms in total. The molecule has 0 aliphatic carbocycles. The maximum absolute atomic E-state index is 12.0. The zero-order valence-corrected chi connectivity index (χ0v) is 14.5. The number of rotatable bonds is 6. The Hall–Kier alpha value is -2.48. The van der Waals surface area contributed by atoms with E-state index in [1.165, 1.54) is 0 Å². The first-order valence-corrected chi connectivity index (χ1v) is 7.44. The van der Waals surface area contributed by atoms with E-state index in [1.54, 1.807) is 13.8 Å². The van der Waals surface area contributed by atoms with Crippen LogP contribution in [0.3, 0.4) is 0 Å². The number of hydrazone groups is 2. The number of anilines is 1. The zero-order valence-electron chi connectivity index (χ0n) is 13.6. The summed E-state index contributed by atoms with van der Waals surface area (Å²) in [5, 5.41) is 8.03. The van der Waals surface area contributed by atoms with E-state index in [0.29, 0.717) is 5.71 Å². The molecule has 0 radical (unpaired) electrons. The lowest BCUT2D eigenvalue weighted by molar-refractivity contribution is -0.134. The van der Waals surface area contributed by atoms with Crippen LogP contribution in [-0.4, -0.2) is 29.1 Å². The number of carbonyl (C=O) groups excluding carboxylic acids is 1. The maximum atomic E-state index is 12.0. The van der Waals surface area contributed by atoms with Gasteiger partial charge in [-0.1, -0.05) is 12.1 Å². The molecular formula is C15H21N5O2S. The van der Waals surface area contributed by atoms with Gasteiger partial charge in [-0.3, -0.25) is 10.9 Å². The van der Waals surface area contributed by atoms with Crippen molar-refractivity contribution in [2.24, 2.45) is 15.9 Å². The van der Waals surface area contributed by atoms with Crippen LogP contribution in [0.4, 0.5) is 5.69 Å². The molecule has 0 saturated heterocycles. The van der Waals surface area contributed by atoms with E-state index in [0.717, 1.165) is 16.8 Å². The molecule has 124 valence electrons. The first kappa shape index (κ1) is 18.6. The van der Waals surface area contributed by atoms with Crippen molar-refractivity contribution >= 4 is 40.4 Å². The number of nitrogens with zero attached hydrogens (tertiary/aromatic N) is 2. The molecule has 0 aliphatic rings. The fourth-order valence-electron chi connectivity index (χ4n) is 1.65. The summed E-state index contributed by atoms with van der Waals surface area (Å²) in [5.74, 6) is -0.587. The van der Waals surface area contributed by atoms with E-state index in [4.69, 9.17) is 10.5 Å². The van der Waals surface area contributed by atoms with Gasteiger partial charge in [-0.2, -0.15) is 10.2 Å². The Morgan fingerprint density at radius 1 is 1.35 bits per heavy atom. The molecule has 1 aromatic rings. The zero-order chi connectivity index (χ0) is 17.4. The van der Waals surface area contributed by atoms with Crippen LogP contribution in [0.25, 0.3) is 0 Å². The van der Waals surface area contributed by atoms with Gasteiger partial charge in [-0.25, -0.2) is 4.79 Å². The number of ether oxygens (including phenoxy) is 1. The quantitative estimate of drug-likeness (QED) is 0.317. The fourth-order valence-corrected chi connectivity index (χ4v) is 1.70. The maximum Gasteiger partial charge on any atom is 0.360 e. The molecule has 0 bridgehead atoms. The van der Waals surface area contributed by atoms with E-state index in [2.05, 4.69) is 33.3 Å². The third-order valence-electron chi connectivity index (χ3n) is 3.04. The van der Waals surface area contributed by atoms with Crippen molar-refractivity contribution in [3.05, 3.63) is 29.3 Å². The Bertz CT molecular complexity index is 655. The molecular weight excluding hydrogens is 314 g/mol. The van der Waals surface area contributed by atoms with Crippen molar-refractivity contribution in [1.29, 1.82) is 0 Å². The van der Waals surface area contributed by atoms with E-state index in [9.17, 15) is 4.79 Å². The second-order valence-corrected chi connectivity index (χ2v) is 5.15. The highest BCUT2D eigenvalue weighted by atomic mass is 32.1. The highest BCUT2D eigenvalue weighted by molar-refractivity contribution is 7.80. The van der Waals surface area contributed by atoms with Gasteiger partial charge in [0.2, 0.25) is 0 Å². The summed E-state index contributed by atoms with van der Waals surface area (Å²) in [6.45, 7) is 7.51. The van der Waals surface area contributed by atoms with Crippen molar-refractivity contribution in [3.8, 4) is 0 Å². The van der Waals surface area contributed by atoms with Crippen molar-refractivity contribution in [2.75, 3.05) is 12.0 Å². The molecule has 8 heteroatoms. The van der Waals surface area contributed by atoms with Gasteiger partial charge in [-0.05, 0) is 57.1 Å². The summed E-state index contributed by atoms with van der Waals surface area (Å²) in [4.78, 5) is 12.0. The minimum absolute atomic E-state index is 0.00459. The van der Waals surface area contributed by atoms with Gasteiger partial charge < -0.3 is 10.5 Å². The van der Waals surface area contributed by atoms with Crippen LogP contribution in [0.1, 0.15) is 25.0 Å². The Labute approximate surface area is 141 Å². The number of carbonyl (C=O) groups is 1. The van der Waals surface area contributed by atoms with Gasteiger partial charge in [0.05, 0.1) is 18.0 Å². The third kappa shape index (κ3) is 5.67. The van der Waals surface area contributed by atoms with Crippen LogP contribution >= 0.6 is 12.2 Å². The SMILES string of the molecule is CCOC(=O)/C(=N\Nc1cccc(C)c1C)C(C)=NNC(N)=S. The fraction of sp³-hybridized carbons (Fsp3) is 0.333. The van der Waals surface area contributed by atoms with Gasteiger partial charge in [-0.15, -0.1) is 0 Å². The average Bonchev–Trinajstić information content (AvgIpc) is 2.49. The van der Waals surface area contributed by atoms with Crippen molar-refractivity contribution in [1.82, 2.24) is 5.43 Å². The third-order valence-corrected chi connectivity index (χ3v) is 3.13. The molecule has 0 fully saturated rings. The second-order valence-electron chi connectivity index (χ2n) is 4.71. The molecule has 0 unspecified atom stereocenters. The lowest BCUT2D eigenvalue weighted by Crippen LogP contribution is -2.30. The van der Waals surface area contributed by atoms with E-state index < -0.39 is 5.97 Å². The molecule has 0 aromatic heterocycles. The molecule has 0 saturated carbocycles. The summed E-state index contributed by atoms with van der Waals surface area (Å²) >= 11 is 4.68. The average molecular weight is 335 g/mol. The first-order chi connectivity index (χ1) is 10.9. The number of hydrogen-bond donors (Lipinski definition) is 3. The number of thiocarbonyl (C=S) groups is 1. The number of aryl methyl sites for hydroxylation is 1. The number of benzene rings is 1. The van der Waals surface area contributed by atoms with Gasteiger partial charge in [0, 0.05) is 0 Å². The number of esters is 1. The van der Waals surface area contributed by atoms with E-state index >= 15 is 0 Å². The van der Waals surface area contributed by atoms with E-state index in [-0.39, 0.29) is 17.4 Å². The topological polar surface area (TPSA) is 101 Å². The summed E-state index contributed by atoms with van der Waals surface area (Å²) in [7, 11) is 0. The molecule has 0 amide bonds. The molecule has 1 rings (SSSR count). The van der Waals surface area contributed by atoms with E-state index in [1.807, 2.05) is 32.0 Å². The smallest absolute Gasteiger partial charge is 0.360 e. The molecule has 1 aromatic carbocycles. The highest BCUT2D eigenvalue weighted by Gasteiger charge is 2.17. The summed E-state index contributed by atoms with van der Waals surface area (Å²) in [6, 6.07) is 5.77. The van der Waals surface area contributed by atoms with Gasteiger partial charge in [0.15, 0.2) is 10.8 Å². The lowest BCUT2D eigenvalue weighted by atomic mass is 10.1. The summed E-state index contributed by atoms with van der Waals surface area (Å²) in [5.41, 5.74) is 13.9. The summed E-state index contributed by atoms with van der Waals surface area (Å²) in [6.07, 6.45) is 0. The van der Waals surface area contributed by atoms with Gasteiger partial charge in [0.25, 0.3) is 0 Å². The van der Waals surface area contributed by atoms with Gasteiger partial charge >= 0.3 is 5.97 Å². The normalized spacial score (nSPS) is 11.8. The molecule has 4 N–H and O–H groups in total. The number of nitrogens with two attached hydrogens (primary N) is 1. The number of hydrogen-bond acceptors (Lipinski definition) is 6. The standard InChI is InChI=1S/C15H21N5O2S/c1-5-22-14(21)13(11(4)17-20-15(16)23)19-18-12-8-6-7-9(2)10(12)3/h6-8,18H,5H2,1-4H3,(H3,16,20,23)/b17-11?,19-13-. The van der Waals surface area contributed by atoms with Crippen molar-refractivity contribution < 1.29 is 9.53 Å². The van der Waals surface area contributed by atoms with Crippen LogP contribution in [0.5, 0.6) is 0 Å². The van der Waals surface area contributed by atoms with Gasteiger partial charge in [0.1, 0.15) is 0 Å². The Kier molecular flexibility index (Phi) is 7.14. The minimum Gasteiger partial charge on any atom is -0.461 e. The second kappa shape index (κ2) is 8.84.